The van der Waals surface area contributed by atoms with Gasteiger partial charge in [0.05, 0.1) is 5.56 Å². The van der Waals surface area contributed by atoms with E-state index in [1.165, 1.54) is 17.0 Å². The number of alkyl halides is 3. The van der Waals surface area contributed by atoms with Crippen molar-refractivity contribution >= 4 is 40.8 Å². The predicted molar refractivity (Wildman–Crippen MR) is 121 cm³/mol. The van der Waals surface area contributed by atoms with E-state index in [1.807, 2.05) is 6.92 Å². The lowest BCUT2D eigenvalue weighted by atomic mass is 10.1. The molecule has 4 rings (SSSR count). The minimum atomic E-state index is -4.65. The van der Waals surface area contributed by atoms with Gasteiger partial charge in [0, 0.05) is 35.4 Å². The first-order valence-electron chi connectivity index (χ1n) is 10.3. The third-order valence-corrected chi connectivity index (χ3v) is 5.55. The normalized spacial score (nSPS) is 13.9. The molecule has 2 aromatic carbocycles. The summed E-state index contributed by atoms with van der Waals surface area (Å²) >= 11 is 6.13. The first-order valence-corrected chi connectivity index (χ1v) is 10.7. The van der Waals surface area contributed by atoms with Crippen LogP contribution in [0.1, 0.15) is 29.8 Å². The van der Waals surface area contributed by atoms with E-state index in [0.29, 0.717) is 35.8 Å². The van der Waals surface area contributed by atoms with Crippen molar-refractivity contribution in [3.63, 3.8) is 0 Å². The summed E-state index contributed by atoms with van der Waals surface area (Å²) in [6.45, 7) is 1.88. The molecule has 34 heavy (non-hydrogen) atoms. The summed E-state index contributed by atoms with van der Waals surface area (Å²) in [5.41, 5.74) is 6.58. The Balaban J connectivity index is 1.57. The number of amides is 1. The molecule has 12 heteroatoms. The Hall–Kier alpha value is -3.60. The maximum atomic E-state index is 13.5. The van der Waals surface area contributed by atoms with E-state index in [2.05, 4.69) is 20.3 Å². The van der Waals surface area contributed by atoms with E-state index in [9.17, 15) is 18.0 Å². The third kappa shape index (κ3) is 5.30. The van der Waals surface area contributed by atoms with Crippen molar-refractivity contribution in [2.45, 2.75) is 32.5 Å². The number of ether oxygens (including phenoxy) is 1. The molecule has 3 aromatic rings. The lowest BCUT2D eigenvalue weighted by Crippen LogP contribution is -2.24. The maximum Gasteiger partial charge on any atom is 0.419 e. The van der Waals surface area contributed by atoms with Crippen LogP contribution >= 0.6 is 11.6 Å². The Morgan fingerprint density at radius 3 is 2.65 bits per heavy atom. The molecule has 1 aliphatic heterocycles. The van der Waals surface area contributed by atoms with E-state index in [0.717, 1.165) is 11.6 Å². The quantitative estimate of drug-likeness (QED) is 0.505. The molecule has 0 unspecified atom stereocenters. The molecular weight excluding hydrogens is 473 g/mol. The molecule has 0 spiro atoms. The Morgan fingerprint density at radius 1 is 1.18 bits per heavy atom. The first kappa shape index (κ1) is 23.6. The molecule has 0 atom stereocenters. The van der Waals surface area contributed by atoms with Gasteiger partial charge in [-0.05, 0) is 43.2 Å². The standard InChI is InChI=1S/C22H20ClF3N6O2/c1-12-4-5-13(9-16(12)23)28-21-30-18(29-20(27)31-21)11-34-17-10-14(32-8-2-3-19(32)33)6-7-15(17)22(24,25)26/h4-7,9-10H,2-3,8,11H2,1H3,(H3,27,28,29,30,31). The third-order valence-electron chi connectivity index (χ3n) is 5.14. The van der Waals surface area contributed by atoms with Gasteiger partial charge < -0.3 is 20.7 Å². The van der Waals surface area contributed by atoms with Gasteiger partial charge >= 0.3 is 6.18 Å². The highest BCUT2D eigenvalue weighted by molar-refractivity contribution is 6.31. The monoisotopic (exact) mass is 492 g/mol. The van der Waals surface area contributed by atoms with Crippen molar-refractivity contribution in [1.29, 1.82) is 0 Å². The first-order chi connectivity index (χ1) is 16.1. The smallest absolute Gasteiger partial charge is 0.419 e. The summed E-state index contributed by atoms with van der Waals surface area (Å²) in [7, 11) is 0. The molecule has 2 heterocycles. The van der Waals surface area contributed by atoms with Crippen molar-refractivity contribution in [1.82, 2.24) is 15.0 Å². The van der Waals surface area contributed by atoms with Crippen molar-refractivity contribution in [2.75, 3.05) is 22.5 Å². The molecule has 178 valence electrons. The van der Waals surface area contributed by atoms with Crippen LogP contribution in [0.3, 0.4) is 0 Å². The topological polar surface area (TPSA) is 106 Å². The highest BCUT2D eigenvalue weighted by atomic mass is 35.5. The lowest BCUT2D eigenvalue weighted by Gasteiger charge is -2.20. The number of nitrogens with two attached hydrogens (primary N) is 1. The van der Waals surface area contributed by atoms with E-state index in [4.69, 9.17) is 22.1 Å². The number of halogens is 4. The second kappa shape index (κ2) is 9.34. The number of aromatic nitrogens is 3. The van der Waals surface area contributed by atoms with Crippen LogP contribution < -0.4 is 20.7 Å². The van der Waals surface area contributed by atoms with Crippen LogP contribution in [-0.2, 0) is 17.6 Å². The highest BCUT2D eigenvalue weighted by Crippen LogP contribution is 2.39. The Bertz CT molecular complexity index is 1240. The van der Waals surface area contributed by atoms with Crippen molar-refractivity contribution in [2.24, 2.45) is 0 Å². The molecule has 0 radical (unpaired) electrons. The van der Waals surface area contributed by atoms with Gasteiger partial charge in [-0.1, -0.05) is 17.7 Å². The molecule has 1 fully saturated rings. The number of nitrogen functional groups attached to an aromatic ring is 1. The average molecular weight is 493 g/mol. The van der Waals surface area contributed by atoms with Crippen molar-refractivity contribution in [3.8, 4) is 5.75 Å². The molecular formula is C22H20ClF3N6O2. The van der Waals surface area contributed by atoms with Crippen LogP contribution in [0.2, 0.25) is 5.02 Å². The van der Waals surface area contributed by atoms with E-state index >= 15 is 0 Å². The van der Waals surface area contributed by atoms with Crippen molar-refractivity contribution in [3.05, 3.63) is 58.4 Å². The summed E-state index contributed by atoms with van der Waals surface area (Å²) in [4.78, 5) is 25.6. The minimum Gasteiger partial charge on any atom is -0.485 e. The summed E-state index contributed by atoms with van der Waals surface area (Å²) in [6.07, 6.45) is -3.66. The number of rotatable bonds is 6. The molecule has 0 bridgehead atoms. The molecule has 3 N–H and O–H groups in total. The van der Waals surface area contributed by atoms with E-state index in [-0.39, 0.29) is 23.6 Å². The van der Waals surface area contributed by atoms with Crippen LogP contribution in [0.15, 0.2) is 36.4 Å². The number of carbonyl (C=O) groups excluding carboxylic acids is 1. The Labute approximate surface area is 197 Å². The zero-order chi connectivity index (χ0) is 24.5. The SMILES string of the molecule is Cc1ccc(Nc2nc(N)nc(COc3cc(N4CCCC4=O)ccc3C(F)(F)F)n2)cc1Cl. The minimum absolute atomic E-state index is 0.0176. The number of aryl methyl sites for hydroxylation is 1. The van der Waals surface area contributed by atoms with Gasteiger partial charge in [-0.2, -0.15) is 28.1 Å². The van der Waals surface area contributed by atoms with Gasteiger partial charge in [-0.15, -0.1) is 0 Å². The van der Waals surface area contributed by atoms with Crippen LogP contribution in [0.4, 0.5) is 36.4 Å². The van der Waals surface area contributed by atoms with Gasteiger partial charge in [-0.3, -0.25) is 4.79 Å². The number of nitrogens with zero attached hydrogens (tertiary/aromatic N) is 4. The number of nitrogens with one attached hydrogen (secondary N) is 1. The Morgan fingerprint density at radius 2 is 1.97 bits per heavy atom. The van der Waals surface area contributed by atoms with Gasteiger partial charge in [0.1, 0.15) is 12.4 Å². The van der Waals surface area contributed by atoms with Gasteiger partial charge in [0.25, 0.3) is 0 Å². The molecule has 8 nitrogen and oxygen atoms in total. The number of carbonyl (C=O) groups is 1. The van der Waals surface area contributed by atoms with Gasteiger partial charge in [-0.25, -0.2) is 0 Å². The van der Waals surface area contributed by atoms with E-state index in [1.54, 1.807) is 18.2 Å². The lowest BCUT2D eigenvalue weighted by molar-refractivity contribution is -0.139. The molecule has 0 saturated carbocycles. The fourth-order valence-corrected chi connectivity index (χ4v) is 3.63. The van der Waals surface area contributed by atoms with Crippen LogP contribution in [0, 0.1) is 6.92 Å². The number of anilines is 4. The summed E-state index contributed by atoms with van der Waals surface area (Å²) < 4.78 is 46.1. The number of hydrogen-bond acceptors (Lipinski definition) is 7. The molecule has 0 aliphatic carbocycles. The average Bonchev–Trinajstić information content (AvgIpc) is 3.19. The molecule has 1 aromatic heterocycles. The highest BCUT2D eigenvalue weighted by Gasteiger charge is 2.35. The fraction of sp³-hybridized carbons (Fsp3) is 0.273. The number of hydrogen-bond donors (Lipinski definition) is 2. The molecule has 1 saturated heterocycles. The zero-order valence-corrected chi connectivity index (χ0v) is 18.7. The zero-order valence-electron chi connectivity index (χ0n) is 18.0. The van der Waals surface area contributed by atoms with Crippen LogP contribution in [0.25, 0.3) is 0 Å². The predicted octanol–water partition coefficient (Wildman–Crippen LogP) is 4.88. The summed E-state index contributed by atoms with van der Waals surface area (Å²) in [5, 5.41) is 3.47. The molecule has 1 aliphatic rings. The number of benzene rings is 2. The van der Waals surface area contributed by atoms with Crippen LogP contribution in [-0.4, -0.2) is 27.4 Å². The van der Waals surface area contributed by atoms with Gasteiger partial charge in [0.15, 0.2) is 5.82 Å². The van der Waals surface area contributed by atoms with Crippen LogP contribution in [0.5, 0.6) is 5.75 Å². The molecule has 1 amide bonds. The van der Waals surface area contributed by atoms with Gasteiger partial charge in [0.2, 0.25) is 17.8 Å². The maximum absolute atomic E-state index is 13.5. The second-order valence-electron chi connectivity index (χ2n) is 7.64. The van der Waals surface area contributed by atoms with E-state index < -0.39 is 24.1 Å². The second-order valence-corrected chi connectivity index (χ2v) is 8.05. The van der Waals surface area contributed by atoms with Crippen molar-refractivity contribution < 1.29 is 22.7 Å². The Kier molecular flexibility index (Phi) is 6.47. The fourth-order valence-electron chi connectivity index (χ4n) is 3.45. The summed E-state index contributed by atoms with van der Waals surface area (Å²) in [5.74, 6) is -0.629. The largest absolute Gasteiger partial charge is 0.485 e. The summed E-state index contributed by atoms with van der Waals surface area (Å²) in [6, 6.07) is 8.59.